The van der Waals surface area contributed by atoms with Crippen LogP contribution < -0.4 is 36.1 Å². The molecule has 0 radical (unpaired) electrons. The van der Waals surface area contributed by atoms with Crippen molar-refractivity contribution in [2.75, 3.05) is 50.1 Å². The third-order valence-electron chi connectivity index (χ3n) is 13.3. The molecule has 0 aliphatic heterocycles. The van der Waals surface area contributed by atoms with Gasteiger partial charge in [0.15, 0.2) is 5.69 Å². The first kappa shape index (κ1) is 85.3. The lowest BCUT2D eigenvalue weighted by Crippen LogP contribution is -2.27. The molecule has 0 spiro atoms. The summed E-state index contributed by atoms with van der Waals surface area (Å²) in [4.78, 5) is 69.2. The number of hydrogen-bond donors (Lipinski definition) is 2. The number of halogens is 11. The molecule has 548 valence electrons. The van der Waals surface area contributed by atoms with Crippen molar-refractivity contribution in [3.63, 3.8) is 0 Å². The SMILES string of the molecule is C#CCOc1cc(-n2nc(C(C)(C)C)oc2=O)c(Cl)cc1Cl.CCCN(CCC)c1c([N+](=O)[O-])cc(S(N)(=O)=O)cc1[N+](=O)[O-].CCN(CC)C(=O)SCc1ccccc1Cl.CNc1cnn(-c2cccc(C(F)(F)F)c2)c(=O)c1Cl.O=[N+]([O-])c1ccc(Oc2ccc(C(F)(F)F)cc2Cl)cc1. The molecule has 2 heterocycles. The Morgan fingerprint density at radius 1 is 0.735 bits per heavy atom. The second-order valence-electron chi connectivity index (χ2n) is 21.6. The number of rotatable bonds is 20. The second-order valence-corrected chi connectivity index (χ2v) is 26.1. The molecular weight excluding hydrogens is 1500 g/mol. The molecule has 8 rings (SSSR count). The number of anilines is 2. The van der Waals surface area contributed by atoms with Crippen molar-refractivity contribution < 1.29 is 68.2 Å². The van der Waals surface area contributed by atoms with Crippen LogP contribution in [0.1, 0.15) is 83.9 Å². The van der Waals surface area contributed by atoms with Crippen LogP contribution in [0.2, 0.25) is 25.1 Å². The molecule has 0 aliphatic carbocycles. The van der Waals surface area contributed by atoms with Crippen molar-refractivity contribution in [2.24, 2.45) is 5.14 Å². The van der Waals surface area contributed by atoms with E-state index < -0.39 is 81.3 Å². The highest BCUT2D eigenvalue weighted by Gasteiger charge is 2.35. The number of carbonyl (C=O) groups is 1. The molecule has 0 saturated carbocycles. The van der Waals surface area contributed by atoms with Crippen LogP contribution >= 0.6 is 69.8 Å². The number of nitro benzene ring substituents is 3. The first-order valence-electron chi connectivity index (χ1n) is 29.7. The van der Waals surface area contributed by atoms with Gasteiger partial charge in [-0.2, -0.15) is 40.8 Å². The summed E-state index contributed by atoms with van der Waals surface area (Å²) in [5.41, 5.74) is -2.86. The van der Waals surface area contributed by atoms with Gasteiger partial charge in [0.05, 0.1) is 69.1 Å². The molecular formula is C64H64Cl5F6N11O14S2. The lowest BCUT2D eigenvalue weighted by Gasteiger charge is -2.23. The first-order chi connectivity index (χ1) is 47.7. The Bertz CT molecular complexity index is 4510. The number of nitrogens with zero attached hydrogens (tertiary/aromatic N) is 9. The highest BCUT2D eigenvalue weighted by molar-refractivity contribution is 8.12. The summed E-state index contributed by atoms with van der Waals surface area (Å²) >= 11 is 31.1. The van der Waals surface area contributed by atoms with Crippen molar-refractivity contribution in [1.29, 1.82) is 0 Å². The number of sulfonamides is 1. The van der Waals surface area contributed by atoms with Gasteiger partial charge in [0.25, 0.3) is 16.5 Å². The predicted octanol–water partition coefficient (Wildman–Crippen LogP) is 17.3. The van der Waals surface area contributed by atoms with Gasteiger partial charge in [-0.05, 0) is 92.9 Å². The smallest absolute Gasteiger partial charge is 0.442 e. The molecule has 0 unspecified atom stereocenters. The average Bonchev–Trinajstić information content (AvgIpc) is 1.08. The minimum atomic E-state index is -4.49. The minimum absolute atomic E-state index is 0.00521. The summed E-state index contributed by atoms with van der Waals surface area (Å²) in [5.74, 6) is 3.19. The maximum Gasteiger partial charge on any atom is 0.442 e. The number of benzene rings is 6. The number of nitro groups is 3. The average molecular weight is 1570 g/mol. The normalized spacial score (nSPS) is 11.1. The number of nitrogens with one attached hydrogen (secondary N) is 1. The van der Waals surface area contributed by atoms with Crippen LogP contribution in [-0.4, -0.2) is 92.7 Å². The van der Waals surface area contributed by atoms with E-state index in [2.05, 4.69) is 21.4 Å². The molecule has 0 aliphatic rings. The van der Waals surface area contributed by atoms with Gasteiger partial charge < -0.3 is 29.0 Å². The third kappa shape index (κ3) is 24.6. The van der Waals surface area contributed by atoms with Crippen LogP contribution in [0.25, 0.3) is 11.4 Å². The van der Waals surface area contributed by atoms with Gasteiger partial charge >= 0.3 is 29.5 Å². The zero-order chi connectivity index (χ0) is 76.8. The first-order valence-corrected chi connectivity index (χ1v) is 34.1. The molecule has 38 heteroatoms. The number of ether oxygens (including phenoxy) is 2. The number of non-ortho nitro benzene ring substituents is 1. The van der Waals surface area contributed by atoms with Crippen LogP contribution in [0.4, 0.5) is 59.6 Å². The van der Waals surface area contributed by atoms with Gasteiger partial charge in [-0.1, -0.05) is 135 Å². The Kier molecular flexibility index (Phi) is 32.0. The number of thioether (sulfide) groups is 1. The van der Waals surface area contributed by atoms with Gasteiger partial charge in [-0.15, -0.1) is 11.5 Å². The lowest BCUT2D eigenvalue weighted by atomic mass is 9.97. The van der Waals surface area contributed by atoms with E-state index >= 15 is 0 Å². The van der Waals surface area contributed by atoms with Crippen molar-refractivity contribution >= 4 is 113 Å². The van der Waals surface area contributed by atoms with Gasteiger partial charge in [0.2, 0.25) is 15.9 Å². The van der Waals surface area contributed by atoms with Crippen LogP contribution in [0, 0.1) is 42.7 Å². The van der Waals surface area contributed by atoms with E-state index in [0.717, 1.165) is 75.5 Å². The lowest BCUT2D eigenvalue weighted by molar-refractivity contribution is -0.393. The number of carbonyl (C=O) groups excluding carboxylic acids is 1. The molecule has 8 aromatic rings. The van der Waals surface area contributed by atoms with E-state index in [9.17, 15) is 79.5 Å². The van der Waals surface area contributed by atoms with Crippen LogP contribution in [0.15, 0.2) is 140 Å². The second kappa shape index (κ2) is 38.2. The quantitative estimate of drug-likeness (QED) is 0.0310. The van der Waals surface area contributed by atoms with Gasteiger partial charge in [0, 0.05) is 79.7 Å². The molecule has 0 atom stereocenters. The molecule has 25 nitrogen and oxygen atoms in total. The Hall–Kier alpha value is -9.14. The van der Waals surface area contributed by atoms with Crippen LogP contribution in [0.5, 0.6) is 17.2 Å². The van der Waals surface area contributed by atoms with Gasteiger partial charge in [-0.3, -0.25) is 39.9 Å². The summed E-state index contributed by atoms with van der Waals surface area (Å²) in [6, 6.07) is 24.2. The molecule has 0 bridgehead atoms. The van der Waals surface area contributed by atoms with Crippen LogP contribution in [-0.2, 0) is 33.5 Å². The maximum atomic E-state index is 12.6. The minimum Gasteiger partial charge on any atom is -0.479 e. The van der Waals surface area contributed by atoms with E-state index in [1.165, 1.54) is 71.4 Å². The Morgan fingerprint density at radius 2 is 1.30 bits per heavy atom. The van der Waals surface area contributed by atoms with Gasteiger partial charge in [0.1, 0.15) is 28.9 Å². The van der Waals surface area contributed by atoms with E-state index in [0.29, 0.717) is 54.7 Å². The van der Waals surface area contributed by atoms with E-state index in [4.69, 9.17) is 83.5 Å². The standard InChI is InChI=1S/C15H14Cl2N2O3.C13H7ClF3NO3.C12H9ClF3N3O.C12H16ClNOS.C12H18N4O6S/c1-5-6-21-12-8-11(9(16)7-10(12)17)19-14(20)22-13(18-19)15(2,3)4;14-11-7-8(13(15,16)17)1-6-12(11)21-10-4-2-9(3-5-10)18(19)20;1-17-9-6-18-19(11(20)10(9)13)8-4-2-3-7(5-8)12(14,15)16;1-3-14(4-2)12(15)16-9-10-7-5-6-8-11(10)13;1-3-5-14(6-4-2)12-10(15(17)18)7-9(23(13,21)22)8-11(12)16(19)20/h1,7-8H,6H2,2-4H3;1-7H;2-6,17H,1H3;5-8H,3-4,9H2,1-2H3;7-8H,3-6H2,1-2H3,(H2,13,21,22). The number of primary sulfonamides is 1. The molecule has 3 N–H and O–H groups in total. The fourth-order valence-electron chi connectivity index (χ4n) is 8.32. The van der Waals surface area contributed by atoms with Crippen molar-refractivity contribution in [3.05, 3.63) is 220 Å². The summed E-state index contributed by atoms with van der Waals surface area (Å²) in [6.45, 7) is 15.6. The summed E-state index contributed by atoms with van der Waals surface area (Å²) in [5, 5.41) is 49.7. The van der Waals surface area contributed by atoms with Crippen LogP contribution in [0.3, 0.4) is 0 Å². The number of aromatic nitrogens is 4. The monoisotopic (exact) mass is 1560 g/mol. The molecule has 6 aromatic carbocycles. The Labute approximate surface area is 608 Å². The van der Waals surface area contributed by atoms with Gasteiger partial charge in [-0.25, -0.2) is 18.4 Å². The van der Waals surface area contributed by atoms with Crippen molar-refractivity contribution in [2.45, 2.75) is 89.7 Å². The zero-order valence-corrected chi connectivity index (χ0v) is 60.5. The molecule has 0 saturated heterocycles. The number of amides is 1. The topological polar surface area (TPSA) is 327 Å². The van der Waals surface area contributed by atoms with Crippen molar-refractivity contribution in [1.82, 2.24) is 24.5 Å². The number of nitrogens with two attached hydrogens (primary N) is 1. The Morgan fingerprint density at radius 3 is 1.78 bits per heavy atom. The number of hydrogen-bond acceptors (Lipinski definition) is 19. The summed E-state index contributed by atoms with van der Waals surface area (Å²) < 4.78 is 116. The van der Waals surface area contributed by atoms with E-state index in [1.807, 2.05) is 77.6 Å². The largest absolute Gasteiger partial charge is 0.479 e. The molecule has 102 heavy (non-hydrogen) atoms. The predicted molar refractivity (Wildman–Crippen MR) is 379 cm³/mol. The van der Waals surface area contributed by atoms with E-state index in [-0.39, 0.29) is 60.5 Å². The Balaban J connectivity index is 0.000000271. The number of alkyl halides is 6. The number of terminal acetylenes is 1. The fraction of sp³-hybridized carbons (Fsp3) is 0.297. The highest BCUT2D eigenvalue weighted by Crippen LogP contribution is 2.41. The van der Waals surface area contributed by atoms with Crippen molar-refractivity contribution in [3.8, 4) is 41.0 Å². The fourth-order valence-corrected chi connectivity index (χ4v) is 11.1. The zero-order valence-electron chi connectivity index (χ0n) is 55.1. The summed E-state index contributed by atoms with van der Waals surface area (Å²) in [7, 11) is -2.76. The molecule has 2 aromatic heterocycles. The maximum absolute atomic E-state index is 12.6. The molecule has 0 fully saturated rings. The highest BCUT2D eigenvalue weighted by atomic mass is 35.5. The third-order valence-corrected chi connectivity index (χ3v) is 16.8. The summed E-state index contributed by atoms with van der Waals surface area (Å²) in [6.07, 6.45) is -1.33. The molecule has 1 amide bonds. The van der Waals surface area contributed by atoms with E-state index in [1.54, 1.807) is 7.05 Å².